The number of rotatable bonds is 4. The summed E-state index contributed by atoms with van der Waals surface area (Å²) in [6.45, 7) is 6.85. The van der Waals surface area contributed by atoms with Crippen LogP contribution in [0.1, 0.15) is 19.4 Å². The lowest BCUT2D eigenvalue weighted by molar-refractivity contribution is 0.298. The number of aliphatic hydroxyl groups excluding tert-OH is 1. The van der Waals surface area contributed by atoms with Gasteiger partial charge in [-0.2, -0.15) is 0 Å². The van der Waals surface area contributed by atoms with Gasteiger partial charge in [-0.1, -0.05) is 0 Å². The minimum absolute atomic E-state index is 0.129. The zero-order valence-electron chi connectivity index (χ0n) is 9.57. The van der Waals surface area contributed by atoms with Crippen molar-refractivity contribution < 1.29 is 5.11 Å². The summed E-state index contributed by atoms with van der Waals surface area (Å²) in [5.41, 5.74) is 7.36. The van der Waals surface area contributed by atoms with E-state index in [2.05, 4.69) is 23.7 Å². The zero-order valence-corrected chi connectivity index (χ0v) is 9.57. The summed E-state index contributed by atoms with van der Waals surface area (Å²) in [6, 6.07) is 2.21. The normalized spacial score (nSPS) is 10.7. The molecule has 4 nitrogen and oxygen atoms in total. The van der Waals surface area contributed by atoms with Crippen LogP contribution in [-0.4, -0.2) is 29.3 Å². The Balaban J connectivity index is 3.00. The molecule has 84 valence electrons. The maximum Gasteiger partial charge on any atom is 0.131 e. The topological polar surface area (TPSA) is 62.4 Å². The third kappa shape index (κ3) is 2.83. The van der Waals surface area contributed by atoms with E-state index < -0.39 is 0 Å². The van der Waals surface area contributed by atoms with Crippen LogP contribution in [0.3, 0.4) is 0 Å². The molecule has 0 amide bonds. The third-order valence-electron chi connectivity index (χ3n) is 2.31. The predicted octanol–water partition coefficient (Wildman–Crippen LogP) is 1.18. The molecule has 0 aliphatic carbocycles. The van der Waals surface area contributed by atoms with Gasteiger partial charge in [0.2, 0.25) is 0 Å². The van der Waals surface area contributed by atoms with Crippen LogP contribution in [0.15, 0.2) is 12.3 Å². The van der Waals surface area contributed by atoms with E-state index in [-0.39, 0.29) is 6.61 Å². The van der Waals surface area contributed by atoms with E-state index in [1.165, 1.54) is 0 Å². The minimum atomic E-state index is 0.129. The van der Waals surface area contributed by atoms with Crippen molar-refractivity contribution in [2.75, 3.05) is 23.8 Å². The first-order valence-electron chi connectivity index (χ1n) is 5.16. The first-order valence-corrected chi connectivity index (χ1v) is 5.16. The highest BCUT2D eigenvalue weighted by Gasteiger charge is 2.13. The molecule has 0 atom stereocenters. The molecule has 15 heavy (non-hydrogen) atoms. The Morgan fingerprint density at radius 2 is 2.20 bits per heavy atom. The fourth-order valence-corrected chi connectivity index (χ4v) is 1.61. The summed E-state index contributed by atoms with van der Waals surface area (Å²) in [5.74, 6) is 0.897. The molecule has 0 saturated carbocycles. The van der Waals surface area contributed by atoms with E-state index in [4.69, 9.17) is 10.8 Å². The van der Waals surface area contributed by atoms with Crippen molar-refractivity contribution in [1.29, 1.82) is 0 Å². The van der Waals surface area contributed by atoms with Gasteiger partial charge < -0.3 is 15.7 Å². The molecular weight excluding hydrogens is 190 g/mol. The van der Waals surface area contributed by atoms with E-state index in [1.807, 2.05) is 13.0 Å². The number of nitrogens with zero attached hydrogens (tertiary/aromatic N) is 2. The lowest BCUT2D eigenvalue weighted by atomic mass is 10.2. The summed E-state index contributed by atoms with van der Waals surface area (Å²) in [7, 11) is 0. The molecule has 1 aromatic heterocycles. The Bertz CT molecular complexity index is 326. The molecule has 0 aliphatic rings. The molecule has 0 fully saturated rings. The number of aromatic nitrogens is 1. The first-order chi connectivity index (χ1) is 7.06. The molecule has 0 aliphatic heterocycles. The van der Waals surface area contributed by atoms with E-state index in [1.54, 1.807) is 6.20 Å². The number of hydrogen-bond acceptors (Lipinski definition) is 4. The van der Waals surface area contributed by atoms with Crippen LogP contribution in [0.4, 0.5) is 11.5 Å². The van der Waals surface area contributed by atoms with Crippen molar-refractivity contribution in [1.82, 2.24) is 4.98 Å². The summed E-state index contributed by atoms with van der Waals surface area (Å²) in [6.07, 6.45) is 1.65. The van der Waals surface area contributed by atoms with E-state index >= 15 is 0 Å². The Hall–Kier alpha value is -1.29. The Morgan fingerprint density at radius 3 is 2.67 bits per heavy atom. The van der Waals surface area contributed by atoms with Crippen LogP contribution < -0.4 is 10.6 Å². The van der Waals surface area contributed by atoms with Crippen molar-refractivity contribution in [2.24, 2.45) is 0 Å². The number of aryl methyl sites for hydroxylation is 1. The molecule has 1 rings (SSSR count). The molecular formula is C11H19N3O. The van der Waals surface area contributed by atoms with Gasteiger partial charge in [0.05, 0.1) is 18.5 Å². The SMILES string of the molecule is Cc1cc(N)cnc1N(CCO)C(C)C. The van der Waals surface area contributed by atoms with E-state index in [9.17, 15) is 0 Å². The molecule has 0 radical (unpaired) electrons. The fraction of sp³-hybridized carbons (Fsp3) is 0.545. The number of anilines is 2. The Morgan fingerprint density at radius 1 is 1.53 bits per heavy atom. The van der Waals surface area contributed by atoms with Crippen LogP contribution in [0.2, 0.25) is 0 Å². The molecule has 3 N–H and O–H groups in total. The van der Waals surface area contributed by atoms with Crippen molar-refractivity contribution in [3.05, 3.63) is 17.8 Å². The second kappa shape index (κ2) is 4.98. The van der Waals surface area contributed by atoms with Crippen LogP contribution in [-0.2, 0) is 0 Å². The van der Waals surface area contributed by atoms with Crippen LogP contribution >= 0.6 is 0 Å². The van der Waals surface area contributed by atoms with E-state index in [0.717, 1.165) is 11.4 Å². The van der Waals surface area contributed by atoms with Gasteiger partial charge in [-0.15, -0.1) is 0 Å². The molecule has 1 heterocycles. The standard InChI is InChI=1S/C11H19N3O/c1-8(2)14(4-5-15)11-9(3)6-10(12)7-13-11/h6-8,15H,4-5,12H2,1-3H3. The van der Waals surface area contributed by atoms with Crippen molar-refractivity contribution >= 4 is 11.5 Å². The lowest BCUT2D eigenvalue weighted by Gasteiger charge is -2.28. The molecule has 4 heteroatoms. The van der Waals surface area contributed by atoms with Crippen LogP contribution in [0, 0.1) is 6.92 Å². The molecule has 0 saturated heterocycles. The van der Waals surface area contributed by atoms with E-state index in [0.29, 0.717) is 18.3 Å². The zero-order chi connectivity index (χ0) is 11.4. The Labute approximate surface area is 90.7 Å². The van der Waals surface area contributed by atoms with Gasteiger partial charge in [0.25, 0.3) is 0 Å². The van der Waals surface area contributed by atoms with Gasteiger partial charge in [-0.3, -0.25) is 0 Å². The molecule has 0 spiro atoms. The van der Waals surface area contributed by atoms with Crippen molar-refractivity contribution in [3.63, 3.8) is 0 Å². The van der Waals surface area contributed by atoms with Gasteiger partial charge in [0.1, 0.15) is 5.82 Å². The van der Waals surface area contributed by atoms with Crippen molar-refractivity contribution in [3.8, 4) is 0 Å². The minimum Gasteiger partial charge on any atom is -0.397 e. The second-order valence-corrected chi connectivity index (χ2v) is 3.92. The van der Waals surface area contributed by atoms with Crippen LogP contribution in [0.25, 0.3) is 0 Å². The summed E-state index contributed by atoms with van der Waals surface area (Å²) < 4.78 is 0. The second-order valence-electron chi connectivity index (χ2n) is 3.92. The summed E-state index contributed by atoms with van der Waals surface area (Å²) in [4.78, 5) is 6.37. The summed E-state index contributed by atoms with van der Waals surface area (Å²) >= 11 is 0. The number of nitrogen functional groups attached to an aromatic ring is 1. The quantitative estimate of drug-likeness (QED) is 0.781. The maximum atomic E-state index is 9.00. The number of nitrogens with two attached hydrogens (primary N) is 1. The largest absolute Gasteiger partial charge is 0.397 e. The maximum absolute atomic E-state index is 9.00. The Kier molecular flexibility index (Phi) is 3.91. The lowest BCUT2D eigenvalue weighted by Crippen LogP contribution is -2.34. The average Bonchev–Trinajstić information content (AvgIpc) is 2.15. The average molecular weight is 209 g/mol. The number of aliphatic hydroxyl groups is 1. The highest BCUT2D eigenvalue weighted by atomic mass is 16.3. The monoisotopic (exact) mass is 209 g/mol. The van der Waals surface area contributed by atoms with Gasteiger partial charge >= 0.3 is 0 Å². The molecule has 0 bridgehead atoms. The predicted molar refractivity (Wildman–Crippen MR) is 63.0 cm³/mol. The molecule has 1 aromatic rings. The first kappa shape index (κ1) is 11.8. The summed E-state index contributed by atoms with van der Waals surface area (Å²) in [5, 5.41) is 9.00. The van der Waals surface area contributed by atoms with Gasteiger partial charge in [-0.25, -0.2) is 4.98 Å². The smallest absolute Gasteiger partial charge is 0.131 e. The highest BCUT2D eigenvalue weighted by Crippen LogP contribution is 2.20. The van der Waals surface area contributed by atoms with Crippen LogP contribution in [0.5, 0.6) is 0 Å². The van der Waals surface area contributed by atoms with Gasteiger partial charge in [-0.05, 0) is 32.4 Å². The molecule has 0 aromatic carbocycles. The third-order valence-corrected chi connectivity index (χ3v) is 2.31. The van der Waals surface area contributed by atoms with Crippen molar-refractivity contribution in [2.45, 2.75) is 26.8 Å². The number of pyridine rings is 1. The van der Waals surface area contributed by atoms with Gasteiger partial charge in [0, 0.05) is 12.6 Å². The highest BCUT2D eigenvalue weighted by molar-refractivity contribution is 5.53. The number of hydrogen-bond donors (Lipinski definition) is 2. The fourth-order valence-electron chi connectivity index (χ4n) is 1.61. The van der Waals surface area contributed by atoms with Gasteiger partial charge in [0.15, 0.2) is 0 Å². The molecule has 0 unspecified atom stereocenters.